The fourth-order valence-corrected chi connectivity index (χ4v) is 4.62. The Morgan fingerprint density at radius 1 is 1.00 bits per heavy atom. The Bertz CT molecular complexity index is 1040. The van der Waals surface area contributed by atoms with Crippen LogP contribution in [0.2, 0.25) is 0 Å². The van der Waals surface area contributed by atoms with Gasteiger partial charge in [-0.2, -0.15) is 0 Å². The van der Waals surface area contributed by atoms with E-state index in [9.17, 15) is 9.50 Å². The van der Waals surface area contributed by atoms with Gasteiger partial charge in [0.2, 0.25) is 0 Å². The number of hydrogen-bond donors (Lipinski definition) is 2. The van der Waals surface area contributed by atoms with Gasteiger partial charge in [0.15, 0.2) is 0 Å². The lowest BCUT2D eigenvalue weighted by Gasteiger charge is -2.43. The minimum absolute atomic E-state index is 0.156. The third-order valence-corrected chi connectivity index (χ3v) is 6.27. The van der Waals surface area contributed by atoms with Crippen molar-refractivity contribution in [1.29, 1.82) is 0 Å². The molecule has 7 heteroatoms. The maximum Gasteiger partial charge on any atom is 0.135 e. The van der Waals surface area contributed by atoms with Crippen LogP contribution in [-0.2, 0) is 13.0 Å². The molecule has 0 saturated carbocycles. The summed E-state index contributed by atoms with van der Waals surface area (Å²) in [4.78, 5) is 13.2. The zero-order chi connectivity index (χ0) is 21.2. The van der Waals surface area contributed by atoms with Crippen LogP contribution in [0.1, 0.15) is 17.5 Å². The predicted molar refractivity (Wildman–Crippen MR) is 119 cm³/mol. The lowest BCUT2D eigenvalue weighted by Crippen LogP contribution is -2.55. The van der Waals surface area contributed by atoms with E-state index in [1.54, 1.807) is 12.1 Å². The Morgan fingerprint density at radius 2 is 1.81 bits per heavy atom. The highest BCUT2D eigenvalue weighted by atomic mass is 19.1. The second-order valence-electron chi connectivity index (χ2n) is 8.25. The number of aliphatic hydroxyl groups excluding tert-OH is 1. The predicted octanol–water partition coefficient (Wildman–Crippen LogP) is 3.36. The largest absolute Gasteiger partial charge is 0.390 e. The smallest absolute Gasteiger partial charge is 0.135 e. The summed E-state index contributed by atoms with van der Waals surface area (Å²) in [7, 11) is 0. The van der Waals surface area contributed by atoms with Crippen molar-refractivity contribution in [3.05, 3.63) is 77.9 Å². The van der Waals surface area contributed by atoms with Crippen LogP contribution in [0, 0.1) is 5.82 Å². The van der Waals surface area contributed by atoms with Gasteiger partial charge in [0.25, 0.3) is 0 Å². The summed E-state index contributed by atoms with van der Waals surface area (Å²) in [5, 5.41) is 14.1. The van der Waals surface area contributed by atoms with E-state index >= 15 is 0 Å². The van der Waals surface area contributed by atoms with Crippen molar-refractivity contribution in [3.63, 3.8) is 0 Å². The highest BCUT2D eigenvalue weighted by Crippen LogP contribution is 2.27. The van der Waals surface area contributed by atoms with Crippen LogP contribution in [0.15, 0.2) is 60.9 Å². The van der Waals surface area contributed by atoms with Crippen molar-refractivity contribution in [2.24, 2.45) is 0 Å². The Morgan fingerprint density at radius 3 is 2.61 bits per heavy atom. The second kappa shape index (κ2) is 8.61. The number of rotatable bonds is 4. The highest BCUT2D eigenvalue weighted by Gasteiger charge is 2.34. The standard InChI is InChI=1S/C24H26FN5O/c25-19-5-7-20(8-6-19)28-23-13-24(27-16-26-23)30-12-10-21(22(31)15-30)29-11-9-17-3-1-2-4-18(17)14-29/h1-8,13,16,21-22,31H,9-12,14-15H2,(H,26,27,28)/t21-,22-/m1/s1. The molecule has 0 bridgehead atoms. The van der Waals surface area contributed by atoms with E-state index in [0.717, 1.165) is 44.0 Å². The molecule has 0 unspecified atom stereocenters. The molecule has 1 fully saturated rings. The quantitative estimate of drug-likeness (QED) is 0.676. The molecule has 0 aliphatic carbocycles. The van der Waals surface area contributed by atoms with Gasteiger partial charge < -0.3 is 15.3 Å². The summed E-state index contributed by atoms with van der Waals surface area (Å²) < 4.78 is 13.1. The molecule has 1 saturated heterocycles. The van der Waals surface area contributed by atoms with Crippen LogP contribution in [-0.4, -0.2) is 51.8 Å². The van der Waals surface area contributed by atoms with Crippen LogP contribution in [0.25, 0.3) is 0 Å². The number of piperidine rings is 1. The molecular weight excluding hydrogens is 393 g/mol. The van der Waals surface area contributed by atoms with Crippen molar-refractivity contribution >= 4 is 17.3 Å². The number of anilines is 3. The molecule has 2 aliphatic heterocycles. The molecule has 5 rings (SSSR count). The summed E-state index contributed by atoms with van der Waals surface area (Å²) in [5.41, 5.74) is 3.55. The van der Waals surface area contributed by atoms with Crippen LogP contribution >= 0.6 is 0 Å². The third-order valence-electron chi connectivity index (χ3n) is 6.27. The van der Waals surface area contributed by atoms with Crippen molar-refractivity contribution in [2.45, 2.75) is 31.5 Å². The molecule has 6 nitrogen and oxygen atoms in total. The first-order valence-electron chi connectivity index (χ1n) is 10.7. The van der Waals surface area contributed by atoms with Crippen molar-refractivity contribution in [1.82, 2.24) is 14.9 Å². The molecule has 160 valence electrons. The van der Waals surface area contributed by atoms with E-state index in [2.05, 4.69) is 49.4 Å². The van der Waals surface area contributed by atoms with Crippen LogP contribution in [0.4, 0.5) is 21.7 Å². The van der Waals surface area contributed by atoms with Crippen molar-refractivity contribution < 1.29 is 9.50 Å². The zero-order valence-corrected chi connectivity index (χ0v) is 17.3. The van der Waals surface area contributed by atoms with E-state index in [1.165, 1.54) is 29.6 Å². The minimum Gasteiger partial charge on any atom is -0.390 e. The van der Waals surface area contributed by atoms with Crippen LogP contribution in [0.5, 0.6) is 0 Å². The summed E-state index contributed by atoms with van der Waals surface area (Å²) in [6.07, 6.45) is 2.99. The maximum atomic E-state index is 13.1. The number of aliphatic hydroxyl groups is 1. The zero-order valence-electron chi connectivity index (χ0n) is 17.3. The molecule has 3 heterocycles. The second-order valence-corrected chi connectivity index (χ2v) is 8.25. The van der Waals surface area contributed by atoms with Gasteiger partial charge in [-0.1, -0.05) is 24.3 Å². The molecule has 3 aromatic rings. The number of β-amino-alcohol motifs (C(OH)–C–C–N with tert-alkyl or cyclic N) is 1. The van der Waals surface area contributed by atoms with Gasteiger partial charge in [-0.05, 0) is 48.2 Å². The number of halogens is 1. The number of aromatic nitrogens is 2. The number of nitrogens with zero attached hydrogens (tertiary/aromatic N) is 4. The molecule has 1 aromatic heterocycles. The fourth-order valence-electron chi connectivity index (χ4n) is 4.62. The van der Waals surface area contributed by atoms with E-state index in [4.69, 9.17) is 0 Å². The molecule has 2 N–H and O–H groups in total. The number of nitrogens with one attached hydrogen (secondary N) is 1. The highest BCUT2D eigenvalue weighted by molar-refractivity contribution is 5.59. The van der Waals surface area contributed by atoms with Crippen molar-refractivity contribution in [3.8, 4) is 0 Å². The van der Waals surface area contributed by atoms with Crippen LogP contribution in [0.3, 0.4) is 0 Å². The molecule has 2 atom stereocenters. The topological polar surface area (TPSA) is 64.5 Å². The van der Waals surface area contributed by atoms with Gasteiger partial charge in [0.05, 0.1) is 6.10 Å². The van der Waals surface area contributed by atoms with E-state index in [0.29, 0.717) is 12.4 Å². The van der Waals surface area contributed by atoms with Crippen LogP contribution < -0.4 is 10.2 Å². The minimum atomic E-state index is -0.442. The third kappa shape index (κ3) is 4.38. The lowest BCUT2D eigenvalue weighted by atomic mass is 9.94. The molecule has 2 aliphatic rings. The molecule has 0 amide bonds. The van der Waals surface area contributed by atoms with Gasteiger partial charge in [-0.3, -0.25) is 4.90 Å². The average Bonchev–Trinajstić information content (AvgIpc) is 2.80. The number of hydrogen-bond acceptors (Lipinski definition) is 6. The Kier molecular flexibility index (Phi) is 5.53. The van der Waals surface area contributed by atoms with E-state index in [1.807, 2.05) is 6.07 Å². The Labute approximate surface area is 181 Å². The summed E-state index contributed by atoms with van der Waals surface area (Å²) in [6.45, 7) is 3.25. The molecular formula is C24H26FN5O. The SMILES string of the molecule is O[C@@H]1CN(c2cc(Nc3ccc(F)cc3)ncn2)CC[C@H]1N1CCc2ccccc2C1. The van der Waals surface area contributed by atoms with Gasteiger partial charge in [0.1, 0.15) is 23.8 Å². The van der Waals surface area contributed by atoms with Gasteiger partial charge in [-0.15, -0.1) is 0 Å². The number of fused-ring (bicyclic) bond motifs is 1. The van der Waals surface area contributed by atoms with Crippen molar-refractivity contribution in [2.75, 3.05) is 29.9 Å². The first-order chi connectivity index (χ1) is 15.2. The molecule has 2 aromatic carbocycles. The normalized spacial score (nSPS) is 21.5. The molecule has 0 radical (unpaired) electrons. The summed E-state index contributed by atoms with van der Waals surface area (Å²) >= 11 is 0. The van der Waals surface area contributed by atoms with Gasteiger partial charge >= 0.3 is 0 Å². The van der Waals surface area contributed by atoms with E-state index < -0.39 is 6.10 Å². The molecule has 31 heavy (non-hydrogen) atoms. The summed E-state index contributed by atoms with van der Waals surface area (Å²) in [5.74, 6) is 1.14. The fraction of sp³-hybridized carbons (Fsp3) is 0.333. The monoisotopic (exact) mass is 419 g/mol. The first-order valence-corrected chi connectivity index (χ1v) is 10.7. The molecule has 0 spiro atoms. The number of benzene rings is 2. The Hall–Kier alpha value is -3.03. The van der Waals surface area contributed by atoms with Gasteiger partial charge in [0, 0.05) is 44.0 Å². The lowest BCUT2D eigenvalue weighted by molar-refractivity contribution is 0.0293. The maximum absolute atomic E-state index is 13.1. The first kappa shape index (κ1) is 19.9. The average molecular weight is 420 g/mol. The van der Waals surface area contributed by atoms with Gasteiger partial charge in [-0.25, -0.2) is 14.4 Å². The summed E-state index contributed by atoms with van der Waals surface area (Å²) in [6, 6.07) is 16.8. The Balaban J connectivity index is 1.24. The van der Waals surface area contributed by atoms with E-state index in [-0.39, 0.29) is 11.9 Å².